The highest BCUT2D eigenvalue weighted by molar-refractivity contribution is 6.32. The van der Waals surface area contributed by atoms with Gasteiger partial charge in [0.2, 0.25) is 5.91 Å². The fourth-order valence-electron chi connectivity index (χ4n) is 4.29. The van der Waals surface area contributed by atoms with Crippen molar-refractivity contribution in [1.82, 2.24) is 5.32 Å². The summed E-state index contributed by atoms with van der Waals surface area (Å²) in [5, 5.41) is 4.00. The van der Waals surface area contributed by atoms with Gasteiger partial charge in [-0.1, -0.05) is 67.4 Å². The molecular weight excluding hydrogens is 344 g/mol. The molecule has 0 saturated carbocycles. The van der Waals surface area contributed by atoms with Crippen molar-refractivity contribution in [1.29, 1.82) is 0 Å². The van der Waals surface area contributed by atoms with Crippen LogP contribution in [-0.2, 0) is 10.2 Å². The number of aryl methyl sites for hydroxylation is 1. The normalized spacial score (nSPS) is 23.7. The van der Waals surface area contributed by atoms with Crippen molar-refractivity contribution in [2.24, 2.45) is 0 Å². The van der Waals surface area contributed by atoms with Gasteiger partial charge >= 0.3 is 0 Å². The SMILES string of the molecule is Cc1ccc2c(c1)C(C)(C)[C@@]1(/C=C/c3ccccc3Cl)NC(=O)CCN21. The predicted octanol–water partition coefficient (Wildman–Crippen LogP) is 4.68. The molecule has 1 saturated heterocycles. The molecule has 0 radical (unpaired) electrons. The molecule has 4 heteroatoms. The lowest BCUT2D eigenvalue weighted by Crippen LogP contribution is -2.68. The van der Waals surface area contributed by atoms with Crippen LogP contribution in [-0.4, -0.2) is 18.1 Å². The number of anilines is 1. The van der Waals surface area contributed by atoms with Gasteiger partial charge in [0.25, 0.3) is 0 Å². The number of fused-ring (bicyclic) bond motifs is 3. The minimum absolute atomic E-state index is 0.0858. The van der Waals surface area contributed by atoms with Crippen molar-refractivity contribution in [2.45, 2.75) is 38.3 Å². The molecule has 1 atom stereocenters. The Bertz CT molecular complexity index is 918. The number of hydrogen-bond acceptors (Lipinski definition) is 2. The van der Waals surface area contributed by atoms with Gasteiger partial charge in [-0.3, -0.25) is 4.79 Å². The first-order chi connectivity index (χ1) is 12.3. The van der Waals surface area contributed by atoms with Gasteiger partial charge in [-0.05, 0) is 36.3 Å². The number of halogens is 1. The van der Waals surface area contributed by atoms with Crippen LogP contribution in [0.1, 0.15) is 37.0 Å². The smallest absolute Gasteiger partial charge is 0.223 e. The van der Waals surface area contributed by atoms with Crippen LogP contribution in [0.2, 0.25) is 5.02 Å². The van der Waals surface area contributed by atoms with Gasteiger partial charge in [0.05, 0.1) is 0 Å². The molecule has 0 bridgehead atoms. The molecule has 2 aliphatic rings. The Morgan fingerprint density at radius 2 is 1.96 bits per heavy atom. The Morgan fingerprint density at radius 1 is 1.19 bits per heavy atom. The topological polar surface area (TPSA) is 32.3 Å². The van der Waals surface area contributed by atoms with Crippen molar-refractivity contribution in [2.75, 3.05) is 11.4 Å². The summed E-state index contributed by atoms with van der Waals surface area (Å²) in [4.78, 5) is 14.7. The molecule has 26 heavy (non-hydrogen) atoms. The van der Waals surface area contributed by atoms with E-state index in [1.165, 1.54) is 16.8 Å². The minimum Gasteiger partial charge on any atom is -0.344 e. The first-order valence-electron chi connectivity index (χ1n) is 8.99. The summed E-state index contributed by atoms with van der Waals surface area (Å²) in [6, 6.07) is 14.3. The standard InChI is InChI=1S/C22H23ClN2O/c1-15-8-9-19-17(14-15)21(2,3)22(24-20(26)11-13-25(19)22)12-10-16-6-4-5-7-18(16)23/h4-10,12,14H,11,13H2,1-3H3,(H,24,26)/b12-10+/t22-/m0/s1. The van der Waals surface area contributed by atoms with E-state index in [0.717, 1.165) is 5.56 Å². The first-order valence-corrected chi connectivity index (χ1v) is 9.36. The Hall–Kier alpha value is -2.26. The molecule has 2 aromatic carbocycles. The summed E-state index contributed by atoms with van der Waals surface area (Å²) in [6.07, 6.45) is 4.65. The Labute approximate surface area is 159 Å². The Balaban J connectivity index is 1.88. The lowest BCUT2D eigenvalue weighted by Gasteiger charge is -2.49. The Kier molecular flexibility index (Phi) is 3.89. The van der Waals surface area contributed by atoms with Crippen LogP contribution in [0.25, 0.3) is 6.08 Å². The Morgan fingerprint density at radius 3 is 2.73 bits per heavy atom. The number of carbonyl (C=O) groups excluding carboxylic acids is 1. The van der Waals surface area contributed by atoms with E-state index < -0.39 is 5.66 Å². The number of nitrogens with one attached hydrogen (secondary N) is 1. The van der Waals surface area contributed by atoms with Gasteiger partial charge in [0, 0.05) is 29.1 Å². The van der Waals surface area contributed by atoms with Crippen LogP contribution >= 0.6 is 11.6 Å². The van der Waals surface area contributed by atoms with Crippen LogP contribution in [0.15, 0.2) is 48.5 Å². The molecule has 0 spiro atoms. The van der Waals surface area contributed by atoms with Gasteiger partial charge in [0.1, 0.15) is 5.66 Å². The summed E-state index contributed by atoms with van der Waals surface area (Å²) in [7, 11) is 0. The van der Waals surface area contributed by atoms with E-state index in [0.29, 0.717) is 18.0 Å². The molecule has 4 rings (SSSR count). The number of hydrogen-bond donors (Lipinski definition) is 1. The molecule has 3 nitrogen and oxygen atoms in total. The molecule has 0 unspecified atom stereocenters. The van der Waals surface area contributed by atoms with E-state index in [1.807, 2.05) is 30.3 Å². The molecule has 1 fully saturated rings. The van der Waals surface area contributed by atoms with Gasteiger partial charge in [-0.25, -0.2) is 0 Å². The fourth-order valence-corrected chi connectivity index (χ4v) is 4.49. The number of nitrogens with zero attached hydrogens (tertiary/aromatic N) is 1. The third-order valence-corrected chi connectivity index (χ3v) is 6.14. The second kappa shape index (κ2) is 5.88. The highest BCUT2D eigenvalue weighted by atomic mass is 35.5. The van der Waals surface area contributed by atoms with E-state index >= 15 is 0 Å². The third kappa shape index (κ3) is 2.38. The lowest BCUT2D eigenvalue weighted by atomic mass is 9.74. The van der Waals surface area contributed by atoms with Crippen LogP contribution < -0.4 is 10.2 Å². The van der Waals surface area contributed by atoms with Crippen LogP contribution in [0, 0.1) is 6.92 Å². The zero-order chi connectivity index (χ0) is 18.5. The highest BCUT2D eigenvalue weighted by Gasteiger charge is 2.57. The average Bonchev–Trinajstić information content (AvgIpc) is 2.79. The first kappa shape index (κ1) is 17.2. The summed E-state index contributed by atoms with van der Waals surface area (Å²) < 4.78 is 0. The molecule has 2 aliphatic heterocycles. The number of amides is 1. The average molecular weight is 367 g/mol. The third-order valence-electron chi connectivity index (χ3n) is 5.80. The van der Waals surface area contributed by atoms with Gasteiger partial charge < -0.3 is 10.2 Å². The minimum atomic E-state index is -0.600. The molecule has 2 heterocycles. The highest BCUT2D eigenvalue weighted by Crippen LogP contribution is 2.52. The van der Waals surface area contributed by atoms with Crippen LogP contribution in [0.5, 0.6) is 0 Å². The molecule has 134 valence electrons. The van der Waals surface area contributed by atoms with Crippen molar-refractivity contribution >= 4 is 29.3 Å². The maximum absolute atomic E-state index is 12.4. The summed E-state index contributed by atoms with van der Waals surface area (Å²) >= 11 is 6.34. The zero-order valence-corrected chi connectivity index (χ0v) is 16.1. The zero-order valence-electron chi connectivity index (χ0n) is 15.3. The molecule has 1 N–H and O–H groups in total. The number of benzene rings is 2. The quantitative estimate of drug-likeness (QED) is 0.837. The van der Waals surface area contributed by atoms with Crippen molar-refractivity contribution in [3.63, 3.8) is 0 Å². The van der Waals surface area contributed by atoms with E-state index in [1.54, 1.807) is 0 Å². The summed E-state index contributed by atoms with van der Waals surface area (Å²) in [6.45, 7) is 7.22. The summed E-state index contributed by atoms with van der Waals surface area (Å²) in [5.74, 6) is 0.0858. The lowest BCUT2D eigenvalue weighted by molar-refractivity contribution is -0.124. The number of carbonyl (C=O) groups is 1. The molecule has 0 aromatic heterocycles. The van der Waals surface area contributed by atoms with E-state index in [-0.39, 0.29) is 11.3 Å². The second-order valence-corrected chi connectivity index (χ2v) is 8.12. The summed E-state index contributed by atoms with van der Waals surface area (Å²) in [5.41, 5.74) is 3.77. The van der Waals surface area contributed by atoms with Crippen molar-refractivity contribution in [3.05, 3.63) is 70.3 Å². The van der Waals surface area contributed by atoms with Crippen molar-refractivity contribution < 1.29 is 4.79 Å². The van der Waals surface area contributed by atoms with Gasteiger partial charge in [0.15, 0.2) is 0 Å². The molecule has 1 amide bonds. The largest absolute Gasteiger partial charge is 0.344 e. The van der Waals surface area contributed by atoms with Crippen LogP contribution in [0.3, 0.4) is 0 Å². The van der Waals surface area contributed by atoms with E-state index in [4.69, 9.17) is 11.6 Å². The van der Waals surface area contributed by atoms with E-state index in [2.05, 4.69) is 55.3 Å². The maximum Gasteiger partial charge on any atom is 0.223 e. The van der Waals surface area contributed by atoms with Gasteiger partial charge in [-0.15, -0.1) is 0 Å². The monoisotopic (exact) mass is 366 g/mol. The molecule has 2 aromatic rings. The van der Waals surface area contributed by atoms with E-state index in [9.17, 15) is 4.79 Å². The predicted molar refractivity (Wildman–Crippen MR) is 108 cm³/mol. The second-order valence-electron chi connectivity index (χ2n) is 7.72. The molecular formula is C22H23ClN2O. The maximum atomic E-state index is 12.4. The van der Waals surface area contributed by atoms with Crippen LogP contribution in [0.4, 0.5) is 5.69 Å². The van der Waals surface area contributed by atoms with Gasteiger partial charge in [-0.2, -0.15) is 0 Å². The number of rotatable bonds is 2. The van der Waals surface area contributed by atoms with Crippen molar-refractivity contribution in [3.8, 4) is 0 Å². The molecule has 0 aliphatic carbocycles. The fraction of sp³-hybridized carbons (Fsp3) is 0.318.